The third-order valence-electron chi connectivity index (χ3n) is 14.0. The van der Waals surface area contributed by atoms with E-state index in [1.54, 1.807) is 81.6 Å². The van der Waals surface area contributed by atoms with E-state index < -0.39 is 139 Å². The minimum Gasteiger partial charge on any atom is -0.481 e. The summed E-state index contributed by atoms with van der Waals surface area (Å²) in [5.74, 6) is -9.61. The van der Waals surface area contributed by atoms with Crippen molar-refractivity contribution in [2.24, 2.45) is 23.3 Å². The second kappa shape index (κ2) is 42.3. The Morgan fingerprint density at radius 3 is 1.40 bits per heavy atom. The molecule has 0 unspecified atom stereocenters. The van der Waals surface area contributed by atoms with Gasteiger partial charge < -0.3 is 74.8 Å². The van der Waals surface area contributed by atoms with Gasteiger partial charge in [-0.2, -0.15) is 11.8 Å². The molecule has 10 amide bonds. The minimum atomic E-state index is -1.82. The second-order valence-electron chi connectivity index (χ2n) is 22.5. The number of carbonyl (C=O) groups is 12. The van der Waals surface area contributed by atoms with Gasteiger partial charge in [0.25, 0.3) is 0 Å². The summed E-state index contributed by atoms with van der Waals surface area (Å²) in [5, 5.41) is 45.8. The van der Waals surface area contributed by atoms with Crippen molar-refractivity contribution in [3.8, 4) is 0 Å². The summed E-state index contributed by atoms with van der Waals surface area (Å²) in [4.78, 5) is 160. The zero-order valence-corrected chi connectivity index (χ0v) is 52.7. The van der Waals surface area contributed by atoms with E-state index in [1.807, 2.05) is 19.9 Å². The maximum absolute atomic E-state index is 14.1. The number of hydrogen-bond acceptors (Lipinski definition) is 15. The lowest BCUT2D eigenvalue weighted by atomic mass is 10.0. The first kappa shape index (κ1) is 76.4. The largest absolute Gasteiger partial charge is 0.481 e. The van der Waals surface area contributed by atoms with Gasteiger partial charge in [-0.1, -0.05) is 102 Å². The Hall–Kier alpha value is -7.65. The van der Waals surface area contributed by atoms with E-state index in [-0.39, 0.29) is 62.8 Å². The number of hydrogen-bond donors (Lipinski definition) is 14. The Morgan fingerprint density at radius 2 is 0.920 bits per heavy atom. The molecule has 0 saturated heterocycles. The van der Waals surface area contributed by atoms with Crippen LogP contribution in [0.25, 0.3) is 0 Å². The van der Waals surface area contributed by atoms with Crippen molar-refractivity contribution in [2.45, 2.75) is 192 Å². The number of amides is 10. The second-order valence-corrected chi connectivity index (χ2v) is 23.5. The van der Waals surface area contributed by atoms with Gasteiger partial charge in [-0.25, -0.2) is 0 Å². The van der Waals surface area contributed by atoms with Crippen LogP contribution >= 0.6 is 11.8 Å². The summed E-state index contributed by atoms with van der Waals surface area (Å²) >= 11 is 1.39. The van der Waals surface area contributed by atoms with E-state index in [0.29, 0.717) is 62.8 Å². The van der Waals surface area contributed by atoms with Gasteiger partial charge in [-0.3, -0.25) is 57.5 Å². The molecular weight excluding hydrogens is 1160 g/mol. The van der Waals surface area contributed by atoms with Crippen molar-refractivity contribution in [2.75, 3.05) is 32.1 Å². The number of carbonyl (C=O) groups excluding carboxylic acids is 10. The van der Waals surface area contributed by atoms with E-state index in [4.69, 9.17) is 11.5 Å². The summed E-state index contributed by atoms with van der Waals surface area (Å²) in [5.41, 5.74) is 13.2. The van der Waals surface area contributed by atoms with Crippen LogP contribution in [-0.4, -0.2) is 168 Å². The van der Waals surface area contributed by atoms with Crippen LogP contribution in [0.3, 0.4) is 0 Å². The highest BCUT2D eigenvalue weighted by Gasteiger charge is 2.35. The molecular formula is C61H96N12O14S. The number of benzene rings is 2. The molecule has 26 nitrogen and oxygen atoms in total. The maximum atomic E-state index is 14.1. The molecule has 9 atom stereocenters. The Balaban J connectivity index is 2.18. The Morgan fingerprint density at radius 1 is 0.477 bits per heavy atom. The van der Waals surface area contributed by atoms with Gasteiger partial charge in [-0.15, -0.1) is 0 Å². The zero-order chi connectivity index (χ0) is 65.7. The molecule has 0 aliphatic heterocycles. The number of carboxylic acids is 2. The van der Waals surface area contributed by atoms with Gasteiger partial charge in [0.05, 0.1) is 12.5 Å². The lowest BCUT2D eigenvalue weighted by molar-refractivity contribution is -0.141. The third-order valence-corrected chi connectivity index (χ3v) is 14.7. The Kier molecular flexibility index (Phi) is 36.7. The first-order valence-electron chi connectivity index (χ1n) is 30.2. The van der Waals surface area contributed by atoms with E-state index >= 15 is 0 Å². The van der Waals surface area contributed by atoms with Crippen molar-refractivity contribution in [3.05, 3.63) is 71.8 Å². The number of thioether (sulfide) groups is 1. The van der Waals surface area contributed by atoms with Crippen molar-refractivity contribution in [3.63, 3.8) is 0 Å². The fourth-order valence-electron chi connectivity index (χ4n) is 9.17. The monoisotopic (exact) mass is 1250 g/mol. The molecule has 2 aromatic rings. The summed E-state index contributed by atoms with van der Waals surface area (Å²) < 4.78 is 0. The van der Waals surface area contributed by atoms with Crippen LogP contribution in [0.4, 0.5) is 0 Å². The number of likely N-dealkylation sites (N-methyl/N-ethyl adjacent to an activating group) is 1. The highest BCUT2D eigenvalue weighted by atomic mass is 32.2. The van der Waals surface area contributed by atoms with Crippen molar-refractivity contribution in [1.82, 2.24) is 53.2 Å². The molecule has 2 aromatic carbocycles. The summed E-state index contributed by atoms with van der Waals surface area (Å²) in [6, 6.07) is 6.89. The molecule has 0 fully saturated rings. The number of carboxylic acid groups (broad SMARTS) is 2. The minimum absolute atomic E-state index is 0.00637. The number of unbranched alkanes of at least 4 members (excludes halogenated alkanes) is 3. The van der Waals surface area contributed by atoms with Gasteiger partial charge in [-0.05, 0) is 106 Å². The normalized spacial score (nSPS) is 14.2. The van der Waals surface area contributed by atoms with Crippen molar-refractivity contribution < 1.29 is 67.7 Å². The SMILES string of the molecule is CC[C@H](N)C(=O)N[C@@H](Cc1ccccc1)C(=O)N[C@@H](CCSC)C(=O)N[C@@H](CC(C)C)C(=O)N[C@@H](CC(=O)O)C(=O)N[C@@H](CCC(=O)O)C(=O)NCCCCCC(=O)N[C@@H](CCCCN)C(=O)N[C@@H](Cc1ccccc1)C(=O)N[C@@H](CC(C)C)C(=O)NC. The topological polar surface area (TPSA) is 418 Å². The Labute approximate surface area is 520 Å². The molecule has 0 saturated carbocycles. The molecule has 27 heteroatoms. The standard InChI is InChI=1S/C61H96N12O14S/c1-8-41(63)53(79)69-47(34-39-20-12-9-13-21-39)59(85)68-44(28-31-88-7)57(83)71-46(33-38(4)5)58(84)73-49(36-52(77)78)61(87)67-43(26-27-51(75)76)55(81)65-30-19-11-16-25-50(74)66-42(24-17-18-29-62)56(82)72-48(35-40-22-14-10-15-23-40)60(86)70-45(32-37(2)3)54(80)64-6/h9-10,12-15,20-23,37-38,41-49H,8,11,16-19,24-36,62-63H2,1-7H3,(H,64,80)(H,65,81)(H,66,74)(H,67,87)(H,68,85)(H,69,79)(H,70,86)(H,71,83)(H,72,82)(H,73,84)(H,75,76)(H,77,78)/t41-,42-,43-,44-,45-,46-,47-,48-,49-/m0/s1. The van der Waals surface area contributed by atoms with Gasteiger partial charge in [0.15, 0.2) is 0 Å². The number of aliphatic carboxylic acids is 2. The van der Waals surface area contributed by atoms with Crippen LogP contribution in [0.1, 0.15) is 136 Å². The van der Waals surface area contributed by atoms with Crippen molar-refractivity contribution >= 4 is 82.8 Å². The highest BCUT2D eigenvalue weighted by Crippen LogP contribution is 2.14. The summed E-state index contributed by atoms with van der Waals surface area (Å²) in [6.07, 6.45) is 2.93. The quantitative estimate of drug-likeness (QED) is 0.0409. The lowest BCUT2D eigenvalue weighted by Crippen LogP contribution is -2.60. The average molecular weight is 1250 g/mol. The molecule has 0 bridgehead atoms. The lowest BCUT2D eigenvalue weighted by Gasteiger charge is -2.28. The molecule has 16 N–H and O–H groups in total. The molecule has 0 spiro atoms. The van der Waals surface area contributed by atoms with E-state index in [1.165, 1.54) is 18.8 Å². The number of nitrogens with two attached hydrogens (primary N) is 2. The van der Waals surface area contributed by atoms with Crippen LogP contribution in [0.5, 0.6) is 0 Å². The van der Waals surface area contributed by atoms with E-state index in [2.05, 4.69) is 53.2 Å². The number of nitrogens with one attached hydrogen (secondary N) is 10. The van der Waals surface area contributed by atoms with Crippen LogP contribution in [0.15, 0.2) is 60.7 Å². The van der Waals surface area contributed by atoms with Gasteiger partial charge >= 0.3 is 11.9 Å². The van der Waals surface area contributed by atoms with Gasteiger partial charge in [0.1, 0.15) is 48.3 Å². The van der Waals surface area contributed by atoms with Crippen LogP contribution in [-0.2, 0) is 70.4 Å². The molecule has 2 rings (SSSR count). The molecule has 0 radical (unpaired) electrons. The molecule has 0 aliphatic rings. The van der Waals surface area contributed by atoms with E-state index in [9.17, 15) is 67.7 Å². The fourth-order valence-corrected chi connectivity index (χ4v) is 9.64. The van der Waals surface area contributed by atoms with Gasteiger partial charge in [0, 0.05) is 39.3 Å². The smallest absolute Gasteiger partial charge is 0.305 e. The predicted octanol–water partition coefficient (Wildman–Crippen LogP) is 0.824. The summed E-state index contributed by atoms with van der Waals surface area (Å²) in [6.45, 7) is 9.39. The third kappa shape index (κ3) is 30.8. The predicted molar refractivity (Wildman–Crippen MR) is 333 cm³/mol. The van der Waals surface area contributed by atoms with Crippen LogP contribution < -0.4 is 64.6 Å². The first-order valence-corrected chi connectivity index (χ1v) is 31.6. The summed E-state index contributed by atoms with van der Waals surface area (Å²) in [7, 11) is 1.47. The molecule has 88 heavy (non-hydrogen) atoms. The molecule has 0 aliphatic carbocycles. The number of rotatable bonds is 44. The van der Waals surface area contributed by atoms with Crippen LogP contribution in [0.2, 0.25) is 0 Å². The van der Waals surface area contributed by atoms with Gasteiger partial charge in [0.2, 0.25) is 59.1 Å². The van der Waals surface area contributed by atoms with Crippen LogP contribution in [0, 0.1) is 11.8 Å². The molecule has 490 valence electrons. The fraction of sp³-hybridized carbons (Fsp3) is 0.607. The first-order chi connectivity index (χ1) is 41.8. The van der Waals surface area contributed by atoms with E-state index in [0.717, 1.165) is 5.56 Å². The van der Waals surface area contributed by atoms with Crippen molar-refractivity contribution in [1.29, 1.82) is 0 Å². The zero-order valence-electron chi connectivity index (χ0n) is 51.9. The molecule has 0 aromatic heterocycles. The Bertz CT molecular complexity index is 2560. The molecule has 0 heterocycles. The maximum Gasteiger partial charge on any atom is 0.305 e. The average Bonchev–Trinajstić information content (AvgIpc) is 3.66. The highest BCUT2D eigenvalue weighted by molar-refractivity contribution is 7.98.